The average Bonchev–Trinajstić information content (AvgIpc) is 2.76. The minimum absolute atomic E-state index is 0.122. The van der Waals surface area contributed by atoms with Gasteiger partial charge in [0.2, 0.25) is 0 Å². The molecule has 0 aliphatic rings. The first-order chi connectivity index (χ1) is 9.95. The number of thiophene rings is 1. The van der Waals surface area contributed by atoms with Crippen molar-refractivity contribution in [2.24, 2.45) is 0 Å². The summed E-state index contributed by atoms with van der Waals surface area (Å²) in [6.45, 7) is 1.00. The van der Waals surface area contributed by atoms with Crippen LogP contribution in [0, 0.1) is 19.3 Å². The molecule has 2 aromatic heterocycles. The molecule has 7 nitrogen and oxygen atoms in total. The molecule has 0 aliphatic carbocycles. The summed E-state index contributed by atoms with van der Waals surface area (Å²) in [6.07, 6.45) is 6.41. The summed E-state index contributed by atoms with van der Waals surface area (Å²) in [5.41, 5.74) is 0.135. The van der Waals surface area contributed by atoms with Crippen LogP contribution in [0.1, 0.15) is 15.2 Å². The van der Waals surface area contributed by atoms with Crippen molar-refractivity contribution in [2.75, 3.05) is 13.1 Å². The first kappa shape index (κ1) is 14.7. The van der Waals surface area contributed by atoms with E-state index in [9.17, 15) is 14.4 Å². The maximum Gasteiger partial charge on any atom is 0.323 e. The van der Waals surface area contributed by atoms with Crippen molar-refractivity contribution in [3.63, 3.8) is 0 Å². The highest BCUT2D eigenvalue weighted by atomic mass is 32.1. The van der Waals surface area contributed by atoms with Crippen molar-refractivity contribution in [2.45, 2.75) is 6.92 Å². The number of carbonyl (C=O) groups is 2. The number of carboxylic acid groups (broad SMARTS) is 1. The molecule has 0 radical (unpaired) electrons. The Hall–Kier alpha value is -2.66. The van der Waals surface area contributed by atoms with Gasteiger partial charge in [-0.2, -0.15) is 0 Å². The van der Waals surface area contributed by atoms with Crippen LogP contribution in [0.2, 0.25) is 0 Å². The quantitative estimate of drug-likeness (QED) is 0.798. The van der Waals surface area contributed by atoms with Gasteiger partial charge in [0.05, 0.1) is 23.1 Å². The second kappa shape index (κ2) is 5.76. The largest absolute Gasteiger partial charge is 0.480 e. The molecule has 2 N–H and O–H groups in total. The van der Waals surface area contributed by atoms with Gasteiger partial charge in [0.15, 0.2) is 0 Å². The fourth-order valence-electron chi connectivity index (χ4n) is 1.90. The third-order valence-corrected chi connectivity index (χ3v) is 4.01. The molecule has 1 amide bonds. The van der Waals surface area contributed by atoms with Crippen molar-refractivity contribution >= 4 is 33.4 Å². The first-order valence-corrected chi connectivity index (χ1v) is 6.68. The van der Waals surface area contributed by atoms with Crippen LogP contribution in [-0.2, 0) is 4.79 Å². The van der Waals surface area contributed by atoms with Crippen LogP contribution in [0.25, 0.3) is 10.2 Å². The number of H-pyrrole nitrogens is 1. The molecule has 2 aromatic rings. The van der Waals surface area contributed by atoms with E-state index in [4.69, 9.17) is 11.5 Å². The lowest BCUT2D eigenvalue weighted by Gasteiger charge is -2.17. The smallest absolute Gasteiger partial charge is 0.323 e. The lowest BCUT2D eigenvalue weighted by molar-refractivity contribution is -0.137. The molecular formula is C13H11N3O4S. The van der Waals surface area contributed by atoms with Crippen molar-refractivity contribution in [3.8, 4) is 12.3 Å². The Balaban J connectivity index is 2.50. The molecule has 0 saturated carbocycles. The second-order valence-electron chi connectivity index (χ2n) is 4.23. The number of aliphatic carboxylic acids is 1. The molecule has 0 unspecified atom stereocenters. The van der Waals surface area contributed by atoms with Crippen molar-refractivity contribution < 1.29 is 14.7 Å². The lowest BCUT2D eigenvalue weighted by Crippen LogP contribution is -2.35. The maximum atomic E-state index is 12.4. The van der Waals surface area contributed by atoms with E-state index >= 15 is 0 Å². The van der Waals surface area contributed by atoms with Crippen LogP contribution in [0.4, 0.5) is 0 Å². The fraction of sp³-hybridized carbons (Fsp3) is 0.231. The number of nitrogens with one attached hydrogen (secondary N) is 1. The van der Waals surface area contributed by atoms with Gasteiger partial charge in [-0.05, 0) is 12.5 Å². The van der Waals surface area contributed by atoms with E-state index in [1.165, 1.54) is 6.33 Å². The molecule has 21 heavy (non-hydrogen) atoms. The molecule has 2 rings (SSSR count). The standard InChI is InChI=1S/C13H11N3O4S/c1-3-4-16(5-8(17)18)13(20)10-7(2)9-11(19)14-6-15-12(9)21-10/h1,6H,4-5H2,2H3,(H,17,18)(H,14,15,19). The summed E-state index contributed by atoms with van der Waals surface area (Å²) in [5, 5.41) is 9.17. The van der Waals surface area contributed by atoms with E-state index in [0.717, 1.165) is 16.2 Å². The number of terminal acetylenes is 1. The van der Waals surface area contributed by atoms with Gasteiger partial charge in [-0.1, -0.05) is 5.92 Å². The number of amides is 1. The number of carboxylic acids is 1. The van der Waals surface area contributed by atoms with Crippen molar-refractivity contribution in [1.29, 1.82) is 0 Å². The Morgan fingerprint density at radius 2 is 2.29 bits per heavy atom. The molecule has 0 spiro atoms. The SMILES string of the molecule is C#CCN(CC(=O)O)C(=O)c1sc2nc[nH]c(=O)c2c1C. The monoisotopic (exact) mass is 305 g/mol. The third kappa shape index (κ3) is 2.78. The second-order valence-corrected chi connectivity index (χ2v) is 5.23. The average molecular weight is 305 g/mol. The first-order valence-electron chi connectivity index (χ1n) is 5.87. The molecule has 2 heterocycles. The summed E-state index contributed by atoms with van der Waals surface area (Å²) in [6, 6.07) is 0. The Labute approximate surface area is 123 Å². The van der Waals surface area contributed by atoms with Gasteiger partial charge in [0.25, 0.3) is 11.5 Å². The molecule has 0 fully saturated rings. The number of rotatable bonds is 4. The van der Waals surface area contributed by atoms with Crippen LogP contribution in [0.3, 0.4) is 0 Å². The Morgan fingerprint density at radius 1 is 1.57 bits per heavy atom. The van der Waals surface area contributed by atoms with E-state index in [2.05, 4.69) is 15.9 Å². The van der Waals surface area contributed by atoms with Gasteiger partial charge >= 0.3 is 5.97 Å². The normalized spacial score (nSPS) is 10.3. The zero-order valence-electron chi connectivity index (χ0n) is 11.0. The van der Waals surface area contributed by atoms with Crippen molar-refractivity contribution in [3.05, 3.63) is 27.1 Å². The van der Waals surface area contributed by atoms with Crippen molar-refractivity contribution in [1.82, 2.24) is 14.9 Å². The molecule has 0 aromatic carbocycles. The van der Waals surface area contributed by atoms with Crippen LogP contribution in [-0.4, -0.2) is 44.9 Å². The predicted octanol–water partition coefficient (Wildman–Crippen LogP) is 0.453. The number of hydrogen-bond donors (Lipinski definition) is 2. The highest BCUT2D eigenvalue weighted by molar-refractivity contribution is 7.20. The Morgan fingerprint density at radius 3 is 2.86 bits per heavy atom. The number of aryl methyl sites for hydroxylation is 1. The van der Waals surface area contributed by atoms with Gasteiger partial charge in [0, 0.05) is 0 Å². The van der Waals surface area contributed by atoms with Gasteiger partial charge in [-0.25, -0.2) is 4.98 Å². The zero-order chi connectivity index (χ0) is 15.6. The summed E-state index contributed by atoms with van der Waals surface area (Å²) in [4.78, 5) is 43.2. The molecule has 0 bridgehead atoms. The topological polar surface area (TPSA) is 103 Å². The summed E-state index contributed by atoms with van der Waals surface area (Å²) in [5.74, 6) is 0.574. The highest BCUT2D eigenvalue weighted by Crippen LogP contribution is 2.27. The molecular weight excluding hydrogens is 294 g/mol. The molecule has 0 atom stereocenters. The number of aromatic nitrogens is 2. The Bertz CT molecular complexity index is 815. The van der Waals surface area contributed by atoms with Crippen LogP contribution >= 0.6 is 11.3 Å². The summed E-state index contributed by atoms with van der Waals surface area (Å²) in [7, 11) is 0. The summed E-state index contributed by atoms with van der Waals surface area (Å²) < 4.78 is 0. The minimum Gasteiger partial charge on any atom is -0.480 e. The van der Waals surface area contributed by atoms with E-state index in [-0.39, 0.29) is 17.0 Å². The molecule has 0 saturated heterocycles. The highest BCUT2D eigenvalue weighted by Gasteiger charge is 2.24. The molecule has 8 heteroatoms. The fourth-order valence-corrected chi connectivity index (χ4v) is 3.02. The van der Waals surface area contributed by atoms with Crippen LogP contribution in [0.15, 0.2) is 11.1 Å². The molecule has 108 valence electrons. The predicted molar refractivity (Wildman–Crippen MR) is 77.4 cm³/mol. The number of hydrogen-bond acceptors (Lipinski definition) is 5. The van der Waals surface area contributed by atoms with E-state index in [1.807, 2.05) is 0 Å². The van der Waals surface area contributed by atoms with Gasteiger partial charge in [-0.15, -0.1) is 17.8 Å². The van der Waals surface area contributed by atoms with Gasteiger partial charge in [0.1, 0.15) is 11.4 Å². The van der Waals surface area contributed by atoms with Gasteiger partial charge in [-0.3, -0.25) is 14.4 Å². The van der Waals surface area contributed by atoms with Gasteiger partial charge < -0.3 is 15.0 Å². The number of carbonyl (C=O) groups excluding carboxylic acids is 1. The maximum absolute atomic E-state index is 12.4. The zero-order valence-corrected chi connectivity index (χ0v) is 11.9. The number of fused-ring (bicyclic) bond motifs is 1. The lowest BCUT2D eigenvalue weighted by atomic mass is 10.2. The molecule has 0 aliphatic heterocycles. The Kier molecular flexibility index (Phi) is 4.05. The number of nitrogens with zero attached hydrogens (tertiary/aromatic N) is 2. The van der Waals surface area contributed by atoms with Crippen LogP contribution < -0.4 is 5.56 Å². The van der Waals surface area contributed by atoms with E-state index < -0.39 is 18.4 Å². The van der Waals surface area contributed by atoms with E-state index in [0.29, 0.717) is 15.8 Å². The number of aromatic amines is 1. The minimum atomic E-state index is -1.16. The summed E-state index contributed by atoms with van der Waals surface area (Å²) >= 11 is 1.04. The third-order valence-electron chi connectivity index (χ3n) is 2.82. The van der Waals surface area contributed by atoms with Crippen LogP contribution in [0.5, 0.6) is 0 Å². The van der Waals surface area contributed by atoms with E-state index in [1.54, 1.807) is 6.92 Å².